The number of benzene rings is 1. The molecule has 0 aromatic heterocycles. The standard InChI is InChI=1S/C22H32N2O3/c1-3-20(26)23-21(2)17-22(27-16-19(21)25)11-14-24(15-12-22)13-7-10-18-8-5-4-6-9-18/h4-10,19,25H,3,11-17H2,1-2H3,(H,23,26)/t19-,21-/m0/s1. The average Bonchev–Trinajstić information content (AvgIpc) is 2.67. The average molecular weight is 373 g/mol. The van der Waals surface area contributed by atoms with Gasteiger partial charge >= 0.3 is 0 Å². The number of carbonyl (C=O) groups excluding carboxylic acids is 1. The number of carbonyl (C=O) groups is 1. The lowest BCUT2D eigenvalue weighted by atomic mass is 9.74. The van der Waals surface area contributed by atoms with Crippen molar-refractivity contribution in [3.8, 4) is 0 Å². The van der Waals surface area contributed by atoms with Crippen LogP contribution in [0.3, 0.4) is 0 Å². The fraction of sp³-hybridized carbons (Fsp3) is 0.591. The van der Waals surface area contributed by atoms with Crippen LogP contribution in [0.5, 0.6) is 0 Å². The Kier molecular flexibility index (Phi) is 6.35. The number of rotatable bonds is 5. The number of ether oxygens (including phenoxy) is 1. The van der Waals surface area contributed by atoms with E-state index in [-0.39, 0.29) is 18.1 Å². The van der Waals surface area contributed by atoms with Gasteiger partial charge in [0.25, 0.3) is 0 Å². The van der Waals surface area contributed by atoms with Crippen LogP contribution in [0, 0.1) is 0 Å². The van der Waals surface area contributed by atoms with Gasteiger partial charge in [-0.2, -0.15) is 0 Å². The number of aliphatic hydroxyl groups excluding tert-OH is 1. The molecule has 5 nitrogen and oxygen atoms in total. The highest BCUT2D eigenvalue weighted by atomic mass is 16.5. The predicted octanol–water partition coefficient (Wildman–Crippen LogP) is 2.60. The number of likely N-dealkylation sites (tertiary alicyclic amines) is 1. The van der Waals surface area contributed by atoms with Crippen molar-refractivity contribution in [3.05, 3.63) is 42.0 Å². The number of hydrogen-bond donors (Lipinski definition) is 2. The summed E-state index contributed by atoms with van der Waals surface area (Å²) < 4.78 is 6.11. The molecule has 0 saturated carbocycles. The molecule has 3 rings (SSSR count). The van der Waals surface area contributed by atoms with Crippen molar-refractivity contribution in [3.63, 3.8) is 0 Å². The minimum absolute atomic E-state index is 0.0166. The van der Waals surface area contributed by atoms with Crippen molar-refractivity contribution in [2.75, 3.05) is 26.2 Å². The quantitative estimate of drug-likeness (QED) is 0.834. The summed E-state index contributed by atoms with van der Waals surface area (Å²) in [6.45, 7) is 6.93. The molecule has 0 bridgehead atoms. The maximum Gasteiger partial charge on any atom is 0.220 e. The highest BCUT2D eigenvalue weighted by Gasteiger charge is 2.49. The fourth-order valence-corrected chi connectivity index (χ4v) is 4.18. The Morgan fingerprint density at radius 3 is 2.70 bits per heavy atom. The minimum Gasteiger partial charge on any atom is -0.388 e. The molecule has 2 aliphatic rings. The van der Waals surface area contributed by atoms with E-state index in [0.717, 1.165) is 32.5 Å². The molecule has 27 heavy (non-hydrogen) atoms. The lowest BCUT2D eigenvalue weighted by Crippen LogP contribution is -2.65. The molecule has 2 heterocycles. The summed E-state index contributed by atoms with van der Waals surface area (Å²) in [7, 11) is 0. The first kappa shape index (κ1) is 20.1. The van der Waals surface area contributed by atoms with Gasteiger partial charge in [-0.25, -0.2) is 0 Å². The van der Waals surface area contributed by atoms with E-state index in [1.165, 1.54) is 5.56 Å². The second-order valence-electron chi connectivity index (χ2n) is 8.12. The van der Waals surface area contributed by atoms with Gasteiger partial charge in [-0.1, -0.05) is 49.4 Å². The molecule has 5 heteroatoms. The van der Waals surface area contributed by atoms with Gasteiger partial charge in [0.1, 0.15) is 6.10 Å². The van der Waals surface area contributed by atoms with Gasteiger partial charge in [0.2, 0.25) is 5.91 Å². The Bertz CT molecular complexity index is 653. The minimum atomic E-state index is -0.662. The molecule has 2 N–H and O–H groups in total. The van der Waals surface area contributed by atoms with Gasteiger partial charge < -0.3 is 15.2 Å². The molecule has 2 aliphatic heterocycles. The third kappa shape index (κ3) is 4.98. The van der Waals surface area contributed by atoms with Crippen molar-refractivity contribution in [1.82, 2.24) is 10.2 Å². The predicted molar refractivity (Wildman–Crippen MR) is 107 cm³/mol. The largest absolute Gasteiger partial charge is 0.388 e. The Balaban J connectivity index is 1.54. The summed E-state index contributed by atoms with van der Waals surface area (Å²) in [5.74, 6) is -0.0166. The smallest absolute Gasteiger partial charge is 0.220 e. The van der Waals surface area contributed by atoms with Crippen LogP contribution < -0.4 is 5.32 Å². The zero-order valence-corrected chi connectivity index (χ0v) is 16.5. The molecule has 1 aromatic rings. The monoisotopic (exact) mass is 372 g/mol. The topological polar surface area (TPSA) is 61.8 Å². The summed E-state index contributed by atoms with van der Waals surface area (Å²) in [5.41, 5.74) is 0.369. The Morgan fingerprint density at radius 1 is 1.33 bits per heavy atom. The third-order valence-electron chi connectivity index (χ3n) is 5.96. The summed E-state index contributed by atoms with van der Waals surface area (Å²) >= 11 is 0. The molecular formula is C22H32N2O3. The second kappa shape index (κ2) is 8.55. The molecule has 148 valence electrons. The fourth-order valence-electron chi connectivity index (χ4n) is 4.18. The van der Waals surface area contributed by atoms with Crippen LogP contribution in [-0.2, 0) is 9.53 Å². The lowest BCUT2D eigenvalue weighted by molar-refractivity contribution is -0.180. The second-order valence-corrected chi connectivity index (χ2v) is 8.12. The Labute approximate surface area is 162 Å². The molecule has 1 aromatic carbocycles. The first-order chi connectivity index (χ1) is 12.9. The zero-order chi connectivity index (χ0) is 19.3. The van der Waals surface area contributed by atoms with E-state index in [4.69, 9.17) is 4.74 Å². The number of piperidine rings is 1. The van der Waals surface area contributed by atoms with E-state index >= 15 is 0 Å². The van der Waals surface area contributed by atoms with E-state index in [9.17, 15) is 9.90 Å². The maximum atomic E-state index is 11.9. The maximum absolute atomic E-state index is 11.9. The third-order valence-corrected chi connectivity index (χ3v) is 5.96. The summed E-state index contributed by atoms with van der Waals surface area (Å²) in [6, 6.07) is 10.3. The summed E-state index contributed by atoms with van der Waals surface area (Å²) in [5, 5.41) is 13.4. The van der Waals surface area contributed by atoms with Crippen molar-refractivity contribution in [2.24, 2.45) is 0 Å². The van der Waals surface area contributed by atoms with Crippen molar-refractivity contribution >= 4 is 12.0 Å². The number of nitrogens with one attached hydrogen (secondary N) is 1. The summed E-state index contributed by atoms with van der Waals surface area (Å²) in [6.07, 6.45) is 6.66. The van der Waals surface area contributed by atoms with Crippen LogP contribution in [0.15, 0.2) is 36.4 Å². The first-order valence-corrected chi connectivity index (χ1v) is 10.0. The Hall–Kier alpha value is -1.69. The number of aliphatic hydroxyl groups is 1. The molecule has 0 unspecified atom stereocenters. The van der Waals surface area contributed by atoms with E-state index < -0.39 is 11.6 Å². The van der Waals surface area contributed by atoms with Crippen molar-refractivity contribution in [1.29, 1.82) is 0 Å². The van der Waals surface area contributed by atoms with Gasteiger partial charge in [0.15, 0.2) is 0 Å². The van der Waals surface area contributed by atoms with E-state index in [2.05, 4.69) is 34.5 Å². The van der Waals surface area contributed by atoms with E-state index in [1.54, 1.807) is 0 Å². The highest BCUT2D eigenvalue weighted by Crippen LogP contribution is 2.39. The van der Waals surface area contributed by atoms with E-state index in [0.29, 0.717) is 12.8 Å². The first-order valence-electron chi connectivity index (χ1n) is 10.0. The molecule has 1 amide bonds. The van der Waals surface area contributed by atoms with Crippen LogP contribution in [0.25, 0.3) is 6.08 Å². The van der Waals surface area contributed by atoms with Crippen LogP contribution in [-0.4, -0.2) is 59.4 Å². The summed E-state index contributed by atoms with van der Waals surface area (Å²) in [4.78, 5) is 14.3. The number of nitrogens with zero attached hydrogens (tertiary/aromatic N) is 1. The van der Waals surface area contributed by atoms with Gasteiger partial charge in [-0.15, -0.1) is 0 Å². The van der Waals surface area contributed by atoms with Crippen LogP contribution in [0.4, 0.5) is 0 Å². The highest BCUT2D eigenvalue weighted by molar-refractivity contribution is 5.76. The molecule has 1 spiro atoms. The van der Waals surface area contributed by atoms with Gasteiger partial charge in [-0.3, -0.25) is 9.69 Å². The van der Waals surface area contributed by atoms with Crippen molar-refractivity contribution < 1.29 is 14.6 Å². The van der Waals surface area contributed by atoms with Gasteiger partial charge in [0.05, 0.1) is 17.7 Å². The SMILES string of the molecule is CCC(=O)N[C@@]1(C)CC2(CCN(CC=Cc3ccccc3)CC2)OC[C@@H]1O. The molecule has 2 saturated heterocycles. The van der Waals surface area contributed by atoms with Crippen LogP contribution in [0.2, 0.25) is 0 Å². The normalized spacial score (nSPS) is 28.5. The van der Waals surface area contributed by atoms with Crippen molar-refractivity contribution in [2.45, 2.75) is 56.8 Å². The lowest BCUT2D eigenvalue weighted by Gasteiger charge is -2.52. The van der Waals surface area contributed by atoms with E-state index in [1.807, 2.05) is 32.0 Å². The van der Waals surface area contributed by atoms with Crippen LogP contribution >= 0.6 is 0 Å². The molecular weight excluding hydrogens is 340 g/mol. The molecule has 0 radical (unpaired) electrons. The zero-order valence-electron chi connectivity index (χ0n) is 16.5. The Morgan fingerprint density at radius 2 is 2.04 bits per heavy atom. The van der Waals surface area contributed by atoms with Gasteiger partial charge in [-0.05, 0) is 25.3 Å². The van der Waals surface area contributed by atoms with Crippen LogP contribution in [0.1, 0.15) is 45.1 Å². The number of hydrogen-bond acceptors (Lipinski definition) is 4. The molecule has 2 fully saturated rings. The molecule has 2 atom stereocenters. The molecule has 0 aliphatic carbocycles. The van der Waals surface area contributed by atoms with Gasteiger partial charge in [0, 0.05) is 32.5 Å². The number of amides is 1.